The van der Waals surface area contributed by atoms with Crippen LogP contribution in [0, 0.1) is 0 Å². The van der Waals surface area contributed by atoms with Gasteiger partial charge in [-0.3, -0.25) is 0 Å². The molecule has 0 N–H and O–H groups in total. The van der Waals surface area contributed by atoms with Crippen LogP contribution in [0.25, 0.3) is 42.4 Å². The van der Waals surface area contributed by atoms with Gasteiger partial charge in [0, 0.05) is 25.6 Å². The van der Waals surface area contributed by atoms with Gasteiger partial charge in [-0.25, -0.2) is 0 Å². The molecule has 0 bridgehead atoms. The molecular weight excluding hydrogens is 392 g/mol. The van der Waals surface area contributed by atoms with Gasteiger partial charge in [0.2, 0.25) is 0 Å². The van der Waals surface area contributed by atoms with E-state index in [1.54, 1.807) is 0 Å². The van der Waals surface area contributed by atoms with Crippen molar-refractivity contribution in [2.24, 2.45) is 0 Å². The average Bonchev–Trinajstić information content (AvgIpc) is 3.26. The van der Waals surface area contributed by atoms with E-state index >= 15 is 0 Å². The van der Waals surface area contributed by atoms with Gasteiger partial charge in [0.1, 0.15) is 0 Å². The third kappa shape index (κ3) is 2.73. The molecule has 0 nitrogen and oxygen atoms in total. The fourth-order valence-corrected chi connectivity index (χ4v) is 6.29. The van der Waals surface area contributed by atoms with E-state index in [2.05, 4.69) is 107 Å². The standard InChI is InChI=1S/C30H26S/c1-18(2)19-9-12-22-23-13-10-21(17-27(23)30(3,4)26(22)16-19)20-11-14-29-25(15-20)24-7-5-6-8-28(24)31-29/h5-18H,1-4H3. The highest BCUT2D eigenvalue weighted by atomic mass is 32.1. The Hall–Kier alpha value is -2.90. The summed E-state index contributed by atoms with van der Waals surface area (Å²) in [5.74, 6) is 0.549. The lowest BCUT2D eigenvalue weighted by atomic mass is 9.80. The Morgan fingerprint density at radius 2 is 1.29 bits per heavy atom. The predicted octanol–water partition coefficient (Wildman–Crippen LogP) is 9.15. The molecule has 0 aliphatic heterocycles. The summed E-state index contributed by atoms with van der Waals surface area (Å²) in [7, 11) is 0. The smallest absolute Gasteiger partial charge is 0.0355 e. The van der Waals surface area contributed by atoms with Crippen LogP contribution in [-0.4, -0.2) is 0 Å². The highest BCUT2D eigenvalue weighted by molar-refractivity contribution is 7.25. The van der Waals surface area contributed by atoms with Crippen LogP contribution in [0.1, 0.15) is 50.3 Å². The number of fused-ring (bicyclic) bond motifs is 6. The lowest BCUT2D eigenvalue weighted by molar-refractivity contribution is 0.658. The van der Waals surface area contributed by atoms with Crippen molar-refractivity contribution in [3.63, 3.8) is 0 Å². The molecule has 5 aromatic rings. The third-order valence-corrected chi connectivity index (χ3v) is 8.23. The topological polar surface area (TPSA) is 0 Å². The molecule has 1 aliphatic carbocycles. The molecule has 0 saturated heterocycles. The zero-order chi connectivity index (χ0) is 21.3. The van der Waals surface area contributed by atoms with Crippen LogP contribution in [0.15, 0.2) is 78.9 Å². The van der Waals surface area contributed by atoms with Gasteiger partial charge < -0.3 is 0 Å². The van der Waals surface area contributed by atoms with Crippen LogP contribution < -0.4 is 0 Å². The summed E-state index contributed by atoms with van der Waals surface area (Å²) in [6.45, 7) is 9.31. The lowest BCUT2D eigenvalue weighted by Gasteiger charge is -2.23. The van der Waals surface area contributed by atoms with Gasteiger partial charge in [-0.1, -0.05) is 82.3 Å². The molecule has 4 aromatic carbocycles. The molecule has 1 aromatic heterocycles. The molecule has 0 spiro atoms. The molecule has 1 aliphatic rings. The zero-order valence-corrected chi connectivity index (χ0v) is 19.3. The van der Waals surface area contributed by atoms with E-state index in [1.807, 2.05) is 11.3 Å². The number of hydrogen-bond acceptors (Lipinski definition) is 1. The Kier molecular flexibility index (Phi) is 3.98. The van der Waals surface area contributed by atoms with Gasteiger partial charge in [-0.2, -0.15) is 0 Å². The van der Waals surface area contributed by atoms with Crippen molar-refractivity contribution in [1.82, 2.24) is 0 Å². The maximum Gasteiger partial charge on any atom is 0.0355 e. The van der Waals surface area contributed by atoms with Gasteiger partial charge in [0.05, 0.1) is 0 Å². The molecule has 6 rings (SSSR count). The normalized spacial score (nSPS) is 14.4. The Balaban J connectivity index is 1.51. The molecule has 31 heavy (non-hydrogen) atoms. The maximum absolute atomic E-state index is 2.43. The number of thiophene rings is 1. The molecule has 0 unspecified atom stereocenters. The first-order valence-corrected chi connectivity index (χ1v) is 12.0. The van der Waals surface area contributed by atoms with Crippen LogP contribution in [0.3, 0.4) is 0 Å². The van der Waals surface area contributed by atoms with Crippen LogP contribution in [0.2, 0.25) is 0 Å². The van der Waals surface area contributed by atoms with Gasteiger partial charge in [0.25, 0.3) is 0 Å². The summed E-state index contributed by atoms with van der Waals surface area (Å²) in [5, 5.41) is 2.72. The second-order valence-electron chi connectivity index (χ2n) is 9.65. The van der Waals surface area contributed by atoms with Crippen molar-refractivity contribution < 1.29 is 0 Å². The monoisotopic (exact) mass is 418 g/mol. The largest absolute Gasteiger partial charge is 0.135 e. The molecule has 1 heterocycles. The number of rotatable bonds is 2. The van der Waals surface area contributed by atoms with Crippen LogP contribution in [0.4, 0.5) is 0 Å². The van der Waals surface area contributed by atoms with Gasteiger partial charge in [0.15, 0.2) is 0 Å². The van der Waals surface area contributed by atoms with Gasteiger partial charge >= 0.3 is 0 Å². The first-order chi connectivity index (χ1) is 14.9. The average molecular weight is 419 g/mol. The molecule has 152 valence electrons. The fourth-order valence-electron chi connectivity index (χ4n) is 5.20. The van der Waals surface area contributed by atoms with Crippen molar-refractivity contribution in [2.45, 2.75) is 39.0 Å². The van der Waals surface area contributed by atoms with Crippen LogP contribution in [0.5, 0.6) is 0 Å². The van der Waals surface area contributed by atoms with E-state index in [1.165, 1.54) is 59.1 Å². The van der Waals surface area contributed by atoms with Crippen molar-refractivity contribution in [2.75, 3.05) is 0 Å². The lowest BCUT2D eigenvalue weighted by Crippen LogP contribution is -2.15. The van der Waals surface area contributed by atoms with E-state index in [-0.39, 0.29) is 5.41 Å². The Labute approximate surface area is 188 Å². The molecule has 1 heteroatoms. The van der Waals surface area contributed by atoms with Crippen LogP contribution in [-0.2, 0) is 5.41 Å². The van der Waals surface area contributed by atoms with Gasteiger partial charge in [-0.05, 0) is 69.1 Å². The summed E-state index contributed by atoms with van der Waals surface area (Å²) < 4.78 is 2.72. The van der Waals surface area contributed by atoms with Crippen LogP contribution >= 0.6 is 11.3 Å². The minimum atomic E-state index is 0.0186. The van der Waals surface area contributed by atoms with E-state index < -0.39 is 0 Å². The highest BCUT2D eigenvalue weighted by Gasteiger charge is 2.35. The van der Waals surface area contributed by atoms with E-state index in [9.17, 15) is 0 Å². The van der Waals surface area contributed by atoms with Crippen molar-refractivity contribution in [3.8, 4) is 22.3 Å². The minimum absolute atomic E-state index is 0.0186. The molecule has 0 saturated carbocycles. The molecule has 0 amide bonds. The number of hydrogen-bond donors (Lipinski definition) is 0. The summed E-state index contributed by atoms with van der Waals surface area (Å²) in [6.07, 6.45) is 0. The van der Waals surface area contributed by atoms with Crippen molar-refractivity contribution >= 4 is 31.5 Å². The second kappa shape index (κ2) is 6.55. The first-order valence-electron chi connectivity index (χ1n) is 11.1. The summed E-state index contributed by atoms with van der Waals surface area (Å²) in [4.78, 5) is 0. The van der Waals surface area contributed by atoms with E-state index in [4.69, 9.17) is 0 Å². The Bertz CT molecular complexity index is 1480. The predicted molar refractivity (Wildman–Crippen MR) is 136 cm³/mol. The number of benzene rings is 4. The summed E-state index contributed by atoms with van der Waals surface area (Å²) in [6, 6.07) is 29.8. The maximum atomic E-state index is 2.43. The minimum Gasteiger partial charge on any atom is -0.135 e. The Morgan fingerprint density at radius 3 is 2.10 bits per heavy atom. The van der Waals surface area contributed by atoms with Crippen molar-refractivity contribution in [3.05, 3.63) is 95.6 Å². The molecule has 0 radical (unpaired) electrons. The van der Waals surface area contributed by atoms with E-state index in [0.717, 1.165) is 0 Å². The Morgan fingerprint density at radius 1 is 0.645 bits per heavy atom. The van der Waals surface area contributed by atoms with E-state index in [0.29, 0.717) is 5.92 Å². The molecule has 0 fully saturated rings. The first kappa shape index (κ1) is 18.8. The van der Waals surface area contributed by atoms with Crippen molar-refractivity contribution in [1.29, 1.82) is 0 Å². The van der Waals surface area contributed by atoms with Gasteiger partial charge in [-0.15, -0.1) is 11.3 Å². The summed E-state index contributed by atoms with van der Waals surface area (Å²) in [5.41, 5.74) is 9.74. The zero-order valence-electron chi connectivity index (χ0n) is 18.5. The summed E-state index contributed by atoms with van der Waals surface area (Å²) >= 11 is 1.88. The fraction of sp³-hybridized carbons (Fsp3) is 0.200. The second-order valence-corrected chi connectivity index (χ2v) is 10.7. The third-order valence-electron chi connectivity index (χ3n) is 7.08. The molecular formula is C30H26S. The molecule has 0 atom stereocenters. The quantitative estimate of drug-likeness (QED) is 0.268. The SMILES string of the molecule is CC(C)c1ccc2c(c1)C(C)(C)c1cc(-c3ccc4sc5ccccc5c4c3)ccc1-2. The highest BCUT2D eigenvalue weighted by Crippen LogP contribution is 2.50.